The van der Waals surface area contributed by atoms with Crippen LogP contribution >= 0.6 is 0 Å². The van der Waals surface area contributed by atoms with E-state index in [9.17, 15) is 8.42 Å². The number of aromatic nitrogens is 10. The van der Waals surface area contributed by atoms with E-state index in [1.807, 2.05) is 24.3 Å². The summed E-state index contributed by atoms with van der Waals surface area (Å²) < 4.78 is 47.4. The highest BCUT2D eigenvalue weighted by Crippen LogP contribution is 2.20. The molecule has 0 amide bonds. The maximum absolute atomic E-state index is 11.4. The van der Waals surface area contributed by atoms with Crippen molar-refractivity contribution in [3.63, 3.8) is 0 Å². The summed E-state index contributed by atoms with van der Waals surface area (Å²) in [5.74, 6) is 4.41. The summed E-state index contributed by atoms with van der Waals surface area (Å²) in [6, 6.07) is 23.4. The zero-order valence-electron chi connectivity index (χ0n) is 37.9. The van der Waals surface area contributed by atoms with Gasteiger partial charge in [0.15, 0.2) is 11.5 Å². The van der Waals surface area contributed by atoms with Gasteiger partial charge in [0.25, 0.3) is 16.7 Å². The lowest BCUT2D eigenvalue weighted by Crippen LogP contribution is -2.25. The zero-order chi connectivity index (χ0) is 47.3. The van der Waals surface area contributed by atoms with E-state index in [0.29, 0.717) is 42.2 Å². The van der Waals surface area contributed by atoms with Crippen molar-refractivity contribution in [2.24, 2.45) is 5.73 Å². The van der Waals surface area contributed by atoms with Gasteiger partial charge in [-0.1, -0.05) is 24.3 Å². The minimum atomic E-state index is -3.57. The number of ether oxygens (including phenoxy) is 2. The van der Waals surface area contributed by atoms with Crippen molar-refractivity contribution >= 4 is 39.2 Å². The predicted molar refractivity (Wildman–Crippen MR) is 255 cm³/mol. The number of nitrogens with zero attached hydrogens (tertiary/aromatic N) is 12. The number of anilines is 3. The first-order chi connectivity index (χ1) is 33.1. The Labute approximate surface area is 392 Å². The van der Waals surface area contributed by atoms with Crippen molar-refractivity contribution in [2.75, 3.05) is 88.6 Å². The molecular weight excluding hydrogens is 893 g/mol. The minimum absolute atomic E-state index is 0.0410. The fraction of sp³-hybridized carbons (Fsp3) is 0.378. The Kier molecular flexibility index (Phi) is 15.7. The van der Waals surface area contributed by atoms with Crippen molar-refractivity contribution in [2.45, 2.75) is 43.7 Å². The molecule has 2 aromatic carbocycles. The van der Waals surface area contributed by atoms with E-state index in [4.69, 9.17) is 35.5 Å². The van der Waals surface area contributed by atoms with E-state index in [0.717, 1.165) is 61.4 Å². The number of hydrogen-bond donors (Lipinski definition) is 4. The molecule has 358 valence electrons. The molecule has 7 N–H and O–H groups in total. The molecule has 0 spiro atoms. The molecule has 0 saturated carbocycles. The number of hydrogen-bond acceptors (Lipinski definition) is 20. The average molecular weight is 949 g/mol. The van der Waals surface area contributed by atoms with E-state index in [-0.39, 0.29) is 23.5 Å². The third-order valence-corrected chi connectivity index (χ3v) is 11.8. The molecule has 2 aliphatic heterocycles. The second-order valence-corrected chi connectivity index (χ2v) is 18.0. The first kappa shape index (κ1) is 47.3. The standard InChI is InChI=1S/C22H26N8O2.C14H22N2O.C9H8N6O3S/c23-20-26-21(27-22-25-19(28-30(20)22)18-4-3-14-32-18)24-10-9-16-5-7-17(8-6-16)31-15-13-29-11-1-2-12-29;15-8-7-13-3-5-14(6-4-13)17-12-11-16-9-1-2-10-16;1-19(16,17)9-12-7(10)15-8(13-9)11-6(14-15)5-3-2-4-18-5/h3-8,14H,1-2,9-13,15H2,(H3,23,24,25,26,27,28);3-6H,1-2,7-12,15H2;2-4H,1H3,(H2,10,11,12,13,14). The van der Waals surface area contributed by atoms with Crippen molar-refractivity contribution in [1.82, 2.24) is 58.9 Å². The molecule has 8 aromatic rings. The third-order valence-electron chi connectivity index (χ3n) is 11.0. The third kappa shape index (κ3) is 12.8. The summed E-state index contributed by atoms with van der Waals surface area (Å²) in [7, 11) is -3.57. The van der Waals surface area contributed by atoms with E-state index in [2.05, 4.69) is 79.5 Å². The van der Waals surface area contributed by atoms with Crippen molar-refractivity contribution < 1.29 is 26.7 Å². The van der Waals surface area contributed by atoms with Crippen molar-refractivity contribution in [3.05, 3.63) is 96.4 Å². The van der Waals surface area contributed by atoms with Crippen molar-refractivity contribution in [3.8, 4) is 34.7 Å². The minimum Gasteiger partial charge on any atom is -0.492 e. The summed E-state index contributed by atoms with van der Waals surface area (Å²) >= 11 is 0. The van der Waals surface area contributed by atoms with Crippen LogP contribution in [0.5, 0.6) is 11.5 Å². The van der Waals surface area contributed by atoms with Gasteiger partial charge in [-0.05, 0) is 131 Å². The lowest BCUT2D eigenvalue weighted by molar-refractivity contribution is 0.237. The van der Waals surface area contributed by atoms with E-state index in [1.165, 1.54) is 73.8 Å². The second-order valence-electron chi connectivity index (χ2n) is 16.1. The molecule has 68 heavy (non-hydrogen) atoms. The molecule has 0 radical (unpaired) electrons. The van der Waals surface area contributed by atoms with Gasteiger partial charge in [-0.15, -0.1) is 10.2 Å². The fourth-order valence-corrected chi connectivity index (χ4v) is 7.95. The number of rotatable bonds is 17. The van der Waals surface area contributed by atoms with Crippen LogP contribution in [0.2, 0.25) is 0 Å². The highest BCUT2D eigenvalue weighted by molar-refractivity contribution is 7.90. The van der Waals surface area contributed by atoms with Gasteiger partial charge in [0.2, 0.25) is 39.3 Å². The summed E-state index contributed by atoms with van der Waals surface area (Å²) in [5, 5.41) is 11.2. The topological polar surface area (TPSA) is 287 Å². The zero-order valence-corrected chi connectivity index (χ0v) is 38.7. The first-order valence-corrected chi connectivity index (χ1v) is 24.4. The number of nitrogens with two attached hydrogens (primary N) is 3. The van der Waals surface area contributed by atoms with E-state index >= 15 is 0 Å². The number of fused-ring (bicyclic) bond motifs is 2. The molecule has 10 rings (SSSR count). The average Bonchev–Trinajstić information content (AvgIpc) is 4.18. The summed E-state index contributed by atoms with van der Waals surface area (Å²) in [4.78, 5) is 29.5. The monoisotopic (exact) mass is 948 g/mol. The fourth-order valence-electron chi connectivity index (χ4n) is 7.44. The first-order valence-electron chi connectivity index (χ1n) is 22.5. The van der Waals surface area contributed by atoms with Crippen LogP contribution in [0, 0.1) is 0 Å². The summed E-state index contributed by atoms with van der Waals surface area (Å²) in [6.45, 7) is 9.78. The number of sulfone groups is 1. The van der Waals surface area contributed by atoms with Gasteiger partial charge in [-0.3, -0.25) is 9.80 Å². The SMILES string of the molecule is CS(=O)(=O)c1nc(N)n2nc(-c3ccco3)nc2n1.NCCc1ccc(OCCN2CCCC2)cc1.Nc1nc(NCCc2ccc(OCCN3CCCC3)cc2)nc2nc(-c3ccco3)nn12. The van der Waals surface area contributed by atoms with Crippen LogP contribution in [0.4, 0.5) is 17.8 Å². The predicted octanol–water partition coefficient (Wildman–Crippen LogP) is 3.92. The normalized spacial score (nSPS) is 14.1. The molecule has 0 atom stereocenters. The van der Waals surface area contributed by atoms with Crippen LogP contribution in [-0.4, -0.2) is 139 Å². The molecule has 2 saturated heterocycles. The van der Waals surface area contributed by atoms with Gasteiger partial charge in [-0.25, -0.2) is 8.42 Å². The molecule has 23 heteroatoms. The summed E-state index contributed by atoms with van der Waals surface area (Å²) in [5.41, 5.74) is 19.6. The Hall–Kier alpha value is -7.21. The molecule has 0 bridgehead atoms. The van der Waals surface area contributed by atoms with E-state index in [1.54, 1.807) is 30.5 Å². The Morgan fingerprint density at radius 3 is 1.59 bits per heavy atom. The quantitative estimate of drug-likeness (QED) is 0.101. The Morgan fingerprint density at radius 2 is 1.12 bits per heavy atom. The lowest BCUT2D eigenvalue weighted by Gasteiger charge is -2.15. The largest absolute Gasteiger partial charge is 0.492 e. The molecule has 2 aliphatic rings. The molecule has 22 nitrogen and oxygen atoms in total. The number of benzene rings is 2. The lowest BCUT2D eigenvalue weighted by atomic mass is 10.1. The Bertz CT molecular complexity index is 2920. The smallest absolute Gasteiger partial charge is 0.259 e. The molecule has 8 heterocycles. The number of nitrogen functional groups attached to an aromatic ring is 2. The maximum Gasteiger partial charge on any atom is 0.259 e. The van der Waals surface area contributed by atoms with Crippen LogP contribution in [0.1, 0.15) is 36.8 Å². The molecule has 2 fully saturated rings. The van der Waals surface area contributed by atoms with Gasteiger partial charge in [0.1, 0.15) is 24.7 Å². The van der Waals surface area contributed by atoms with Gasteiger partial charge < -0.3 is 40.8 Å². The second kappa shape index (κ2) is 22.5. The number of likely N-dealkylation sites (tertiary alicyclic amines) is 2. The van der Waals surface area contributed by atoms with Gasteiger partial charge in [0, 0.05) is 25.9 Å². The van der Waals surface area contributed by atoms with Gasteiger partial charge in [-0.2, -0.15) is 38.9 Å². The van der Waals surface area contributed by atoms with Crippen LogP contribution < -0.4 is 32.0 Å². The maximum atomic E-state index is 11.4. The van der Waals surface area contributed by atoms with Crippen LogP contribution in [-0.2, 0) is 22.7 Å². The molecule has 0 unspecified atom stereocenters. The highest BCUT2D eigenvalue weighted by atomic mass is 32.2. The van der Waals surface area contributed by atoms with Crippen LogP contribution in [0.15, 0.2) is 99.3 Å². The van der Waals surface area contributed by atoms with Crippen LogP contribution in [0.3, 0.4) is 0 Å². The van der Waals surface area contributed by atoms with Gasteiger partial charge in [0.05, 0.1) is 12.5 Å². The number of furan rings is 2. The Morgan fingerprint density at radius 1 is 0.632 bits per heavy atom. The Balaban J connectivity index is 0.000000148. The summed E-state index contributed by atoms with van der Waals surface area (Å²) in [6.07, 6.45) is 11.1. The molecule has 0 aliphatic carbocycles. The highest BCUT2D eigenvalue weighted by Gasteiger charge is 2.19. The van der Waals surface area contributed by atoms with Crippen LogP contribution in [0.25, 0.3) is 34.7 Å². The van der Waals surface area contributed by atoms with E-state index < -0.39 is 15.0 Å². The molecule has 6 aromatic heterocycles. The molecular formula is C45H56N16O6S. The number of nitrogens with one attached hydrogen (secondary N) is 1. The van der Waals surface area contributed by atoms with Gasteiger partial charge >= 0.3 is 0 Å². The van der Waals surface area contributed by atoms with Crippen molar-refractivity contribution in [1.29, 1.82) is 0 Å².